The van der Waals surface area contributed by atoms with Crippen molar-refractivity contribution < 1.29 is 9.59 Å². The van der Waals surface area contributed by atoms with Crippen molar-refractivity contribution in [1.29, 1.82) is 0 Å². The van der Waals surface area contributed by atoms with Crippen LogP contribution in [0.3, 0.4) is 0 Å². The van der Waals surface area contributed by atoms with E-state index in [0.29, 0.717) is 12.8 Å². The predicted octanol–water partition coefficient (Wildman–Crippen LogP) is 5.80. The zero-order chi connectivity index (χ0) is 23.8. The lowest BCUT2D eigenvalue weighted by molar-refractivity contribution is -0.117. The van der Waals surface area contributed by atoms with Crippen molar-refractivity contribution in [3.05, 3.63) is 96.2 Å². The number of hydrogen-bond acceptors (Lipinski definition) is 2. The first kappa shape index (κ1) is 22.0. The number of fused-ring (bicyclic) bond motifs is 1. The Kier molecular flexibility index (Phi) is 5.70. The summed E-state index contributed by atoms with van der Waals surface area (Å²) in [7, 11) is 1.99. The van der Waals surface area contributed by atoms with Gasteiger partial charge in [-0.1, -0.05) is 66.8 Å². The largest absolute Gasteiger partial charge is 0.336 e. The van der Waals surface area contributed by atoms with Crippen LogP contribution in [0.15, 0.2) is 90.7 Å². The lowest BCUT2D eigenvalue weighted by Crippen LogP contribution is -2.48. The standard InChI is InChI=1S/C29H29N3O2/c1-20-18-26(32(21(2)33)24-16-8-5-9-17-24)27-25(22-12-6-4-7-13-22)19-30(3)28(27)31(20)29(34)23-14-10-11-15-23/h4-14,16-17,19-20,26H,15,18H2,1-3H3. The second-order valence-electron chi connectivity index (χ2n) is 9.08. The van der Waals surface area contributed by atoms with E-state index in [1.807, 2.05) is 88.2 Å². The maximum Gasteiger partial charge on any atom is 0.255 e. The molecule has 0 saturated heterocycles. The van der Waals surface area contributed by atoms with Crippen molar-refractivity contribution in [2.24, 2.45) is 7.05 Å². The Morgan fingerprint density at radius 1 is 1.00 bits per heavy atom. The number of carbonyl (C=O) groups is 2. The summed E-state index contributed by atoms with van der Waals surface area (Å²) in [6, 6.07) is 19.8. The number of aromatic nitrogens is 1. The van der Waals surface area contributed by atoms with E-state index in [-0.39, 0.29) is 23.9 Å². The number of carbonyl (C=O) groups excluding carboxylic acids is 2. The van der Waals surface area contributed by atoms with Gasteiger partial charge in [0.05, 0.1) is 6.04 Å². The molecule has 3 aromatic rings. The Bertz CT molecular complexity index is 1290. The highest BCUT2D eigenvalue weighted by atomic mass is 16.2. The quantitative estimate of drug-likeness (QED) is 0.503. The fourth-order valence-electron chi connectivity index (χ4n) is 5.33. The van der Waals surface area contributed by atoms with E-state index in [4.69, 9.17) is 0 Å². The summed E-state index contributed by atoms with van der Waals surface area (Å²) in [5.74, 6) is 0.884. The van der Waals surface area contributed by atoms with E-state index in [2.05, 4.69) is 25.3 Å². The molecule has 0 radical (unpaired) electrons. The summed E-state index contributed by atoms with van der Waals surface area (Å²) < 4.78 is 2.05. The number of amides is 2. The van der Waals surface area contributed by atoms with Crippen LogP contribution < -0.4 is 9.80 Å². The normalized spacial score (nSPS) is 19.0. The Morgan fingerprint density at radius 3 is 2.29 bits per heavy atom. The van der Waals surface area contributed by atoms with Crippen LogP contribution in [0.25, 0.3) is 11.1 Å². The van der Waals surface area contributed by atoms with Crippen LogP contribution in [0, 0.1) is 0 Å². The maximum atomic E-state index is 13.7. The lowest BCUT2D eigenvalue weighted by atomic mass is 9.88. The highest BCUT2D eigenvalue weighted by molar-refractivity contribution is 6.08. The van der Waals surface area contributed by atoms with Gasteiger partial charge in [-0.25, -0.2) is 0 Å². The van der Waals surface area contributed by atoms with Gasteiger partial charge in [0.1, 0.15) is 5.82 Å². The van der Waals surface area contributed by atoms with Gasteiger partial charge in [0, 0.05) is 48.6 Å². The molecule has 2 unspecified atom stereocenters. The Balaban J connectivity index is 1.72. The van der Waals surface area contributed by atoms with Crippen molar-refractivity contribution >= 4 is 23.3 Å². The Hall–Kier alpha value is -3.86. The number of aryl methyl sites for hydroxylation is 1. The number of allylic oxidation sites excluding steroid dienone is 3. The van der Waals surface area contributed by atoms with Gasteiger partial charge >= 0.3 is 0 Å². The zero-order valence-electron chi connectivity index (χ0n) is 19.8. The number of para-hydroxylation sites is 1. The summed E-state index contributed by atoms with van der Waals surface area (Å²) in [6.07, 6.45) is 9.26. The lowest BCUT2D eigenvalue weighted by Gasteiger charge is -2.43. The summed E-state index contributed by atoms with van der Waals surface area (Å²) in [4.78, 5) is 30.6. The number of nitrogens with zero attached hydrogens (tertiary/aromatic N) is 3. The third-order valence-corrected chi connectivity index (χ3v) is 6.79. The van der Waals surface area contributed by atoms with Gasteiger partial charge in [-0.15, -0.1) is 0 Å². The molecular formula is C29H29N3O2. The fraction of sp³-hybridized carbons (Fsp3) is 0.241. The van der Waals surface area contributed by atoms with Gasteiger partial charge < -0.3 is 9.47 Å². The number of hydrogen-bond donors (Lipinski definition) is 0. The first-order chi connectivity index (χ1) is 16.5. The molecule has 5 rings (SSSR count). The minimum atomic E-state index is -0.193. The summed E-state index contributed by atoms with van der Waals surface area (Å²) in [5.41, 5.74) is 4.80. The van der Waals surface area contributed by atoms with Crippen LogP contribution in [0.1, 0.15) is 38.3 Å². The molecule has 2 amide bonds. The first-order valence-electron chi connectivity index (χ1n) is 11.8. The third kappa shape index (κ3) is 3.67. The molecule has 34 heavy (non-hydrogen) atoms. The van der Waals surface area contributed by atoms with Gasteiger partial charge in [0.25, 0.3) is 5.91 Å². The molecule has 172 valence electrons. The summed E-state index contributed by atoms with van der Waals surface area (Å²) in [5, 5.41) is 0. The van der Waals surface area contributed by atoms with Crippen LogP contribution in [0.4, 0.5) is 11.5 Å². The van der Waals surface area contributed by atoms with Gasteiger partial charge in [0.15, 0.2) is 0 Å². The fourth-order valence-corrected chi connectivity index (χ4v) is 5.33. The number of rotatable bonds is 4. The average Bonchev–Trinajstić information content (AvgIpc) is 3.49. The molecule has 0 bridgehead atoms. The highest BCUT2D eigenvalue weighted by Gasteiger charge is 2.42. The molecule has 0 saturated carbocycles. The van der Waals surface area contributed by atoms with Gasteiger partial charge in [-0.2, -0.15) is 0 Å². The molecule has 2 heterocycles. The van der Waals surface area contributed by atoms with E-state index in [1.165, 1.54) is 0 Å². The average molecular weight is 452 g/mol. The van der Waals surface area contributed by atoms with E-state index in [9.17, 15) is 9.59 Å². The minimum absolute atomic E-state index is 0.0142. The number of anilines is 2. The molecule has 5 nitrogen and oxygen atoms in total. The Morgan fingerprint density at radius 2 is 1.68 bits per heavy atom. The third-order valence-electron chi connectivity index (χ3n) is 6.79. The van der Waals surface area contributed by atoms with Crippen molar-refractivity contribution in [3.8, 4) is 11.1 Å². The van der Waals surface area contributed by atoms with Crippen LogP contribution >= 0.6 is 0 Å². The monoisotopic (exact) mass is 451 g/mol. The van der Waals surface area contributed by atoms with Crippen LogP contribution in [-0.4, -0.2) is 22.4 Å². The molecule has 1 aliphatic carbocycles. The molecule has 0 spiro atoms. The van der Waals surface area contributed by atoms with E-state index < -0.39 is 0 Å². The van der Waals surface area contributed by atoms with Crippen molar-refractivity contribution in [2.75, 3.05) is 9.80 Å². The highest BCUT2D eigenvalue weighted by Crippen LogP contribution is 2.48. The molecule has 1 aromatic heterocycles. The SMILES string of the molecule is CC(=O)N(c1ccccc1)C1CC(C)N(C(=O)C2=CC=CC2)c2c1c(-c1ccccc1)cn2C. The van der Waals surface area contributed by atoms with Crippen molar-refractivity contribution in [1.82, 2.24) is 4.57 Å². The van der Waals surface area contributed by atoms with Crippen LogP contribution in [0.2, 0.25) is 0 Å². The molecule has 2 aromatic carbocycles. The molecule has 0 N–H and O–H groups in total. The van der Waals surface area contributed by atoms with E-state index in [1.54, 1.807) is 6.92 Å². The van der Waals surface area contributed by atoms with E-state index in [0.717, 1.165) is 33.8 Å². The second kappa shape index (κ2) is 8.82. The maximum absolute atomic E-state index is 13.7. The molecule has 5 heteroatoms. The van der Waals surface area contributed by atoms with Crippen LogP contribution in [-0.2, 0) is 16.6 Å². The molecule has 2 aliphatic rings. The summed E-state index contributed by atoms with van der Waals surface area (Å²) >= 11 is 0. The molecule has 0 fully saturated rings. The molecular weight excluding hydrogens is 422 g/mol. The van der Waals surface area contributed by atoms with Crippen molar-refractivity contribution in [3.63, 3.8) is 0 Å². The smallest absolute Gasteiger partial charge is 0.255 e. The summed E-state index contributed by atoms with van der Waals surface area (Å²) in [6.45, 7) is 3.70. The Labute approximate surface area is 200 Å². The predicted molar refractivity (Wildman–Crippen MR) is 137 cm³/mol. The zero-order valence-corrected chi connectivity index (χ0v) is 19.8. The van der Waals surface area contributed by atoms with Gasteiger partial charge in [0.2, 0.25) is 5.91 Å². The van der Waals surface area contributed by atoms with Gasteiger partial charge in [-0.3, -0.25) is 14.5 Å². The second-order valence-corrected chi connectivity index (χ2v) is 9.08. The van der Waals surface area contributed by atoms with Gasteiger partial charge in [-0.05, 0) is 37.5 Å². The van der Waals surface area contributed by atoms with E-state index >= 15 is 0 Å². The minimum Gasteiger partial charge on any atom is -0.336 e. The molecule has 2 atom stereocenters. The first-order valence-corrected chi connectivity index (χ1v) is 11.8. The topological polar surface area (TPSA) is 45.6 Å². The number of benzene rings is 2. The van der Waals surface area contributed by atoms with Crippen LogP contribution in [0.5, 0.6) is 0 Å². The van der Waals surface area contributed by atoms with Crippen molar-refractivity contribution in [2.45, 2.75) is 38.8 Å². The molecule has 1 aliphatic heterocycles.